The third-order valence-corrected chi connectivity index (χ3v) is 4.94. The van der Waals surface area contributed by atoms with E-state index in [0.29, 0.717) is 25.8 Å². The summed E-state index contributed by atoms with van der Waals surface area (Å²) in [7, 11) is 0. The molecule has 25 heavy (non-hydrogen) atoms. The molecule has 0 atom stereocenters. The summed E-state index contributed by atoms with van der Waals surface area (Å²) in [6.45, 7) is 0.613. The number of carbonyl (C=O) groups excluding carboxylic acids is 3. The van der Waals surface area contributed by atoms with Gasteiger partial charge in [0, 0.05) is 37.8 Å². The Kier molecular flexibility index (Phi) is 5.31. The minimum Gasteiger partial charge on any atom is -0.356 e. The first kappa shape index (κ1) is 17.4. The summed E-state index contributed by atoms with van der Waals surface area (Å²) in [5, 5.41) is 5.66. The van der Waals surface area contributed by atoms with Gasteiger partial charge in [-0.3, -0.25) is 19.5 Å². The number of carbonyl (C=O) groups is 3. The van der Waals surface area contributed by atoms with E-state index in [0.717, 1.165) is 25.0 Å². The van der Waals surface area contributed by atoms with Crippen molar-refractivity contribution in [2.75, 3.05) is 13.1 Å². The average molecular weight is 344 g/mol. The molecule has 1 aromatic heterocycles. The standard InChI is InChI=1S/C18H24N4O3/c23-15(20-12-7-14-6-2-5-11-19-14)8-13-22-16(24)18(21-17(22)25)9-3-1-4-10-18/h2,5-6,11H,1,3-4,7-10,12-13H2,(H,20,23)(H,21,25). The smallest absolute Gasteiger partial charge is 0.325 e. The predicted octanol–water partition coefficient (Wildman–Crippen LogP) is 1.39. The maximum atomic E-state index is 12.6. The normalized spacial score (nSPS) is 19.1. The Morgan fingerprint density at radius 2 is 2.04 bits per heavy atom. The highest BCUT2D eigenvalue weighted by molar-refractivity contribution is 6.07. The summed E-state index contributed by atoms with van der Waals surface area (Å²) in [4.78, 5) is 42.1. The van der Waals surface area contributed by atoms with Crippen LogP contribution in [0.2, 0.25) is 0 Å². The van der Waals surface area contributed by atoms with Crippen molar-refractivity contribution in [3.05, 3.63) is 30.1 Å². The Bertz CT molecular complexity index is 641. The summed E-state index contributed by atoms with van der Waals surface area (Å²) in [6.07, 6.45) is 6.89. The molecule has 2 aliphatic rings. The van der Waals surface area contributed by atoms with Gasteiger partial charge in [-0.25, -0.2) is 4.79 Å². The van der Waals surface area contributed by atoms with Crippen molar-refractivity contribution >= 4 is 17.8 Å². The fourth-order valence-corrected chi connectivity index (χ4v) is 3.55. The lowest BCUT2D eigenvalue weighted by molar-refractivity contribution is -0.132. The van der Waals surface area contributed by atoms with Crippen LogP contribution in [0.1, 0.15) is 44.2 Å². The zero-order valence-electron chi connectivity index (χ0n) is 14.3. The van der Waals surface area contributed by atoms with Crippen LogP contribution >= 0.6 is 0 Å². The van der Waals surface area contributed by atoms with Crippen LogP contribution in [0, 0.1) is 0 Å². The van der Waals surface area contributed by atoms with Crippen LogP contribution in [0.5, 0.6) is 0 Å². The molecule has 1 saturated heterocycles. The van der Waals surface area contributed by atoms with Crippen LogP contribution in [0.3, 0.4) is 0 Å². The lowest BCUT2D eigenvalue weighted by atomic mass is 9.82. The van der Waals surface area contributed by atoms with E-state index in [1.807, 2.05) is 18.2 Å². The molecule has 2 fully saturated rings. The van der Waals surface area contributed by atoms with Crippen molar-refractivity contribution in [1.82, 2.24) is 20.5 Å². The van der Waals surface area contributed by atoms with Crippen LogP contribution in [0.25, 0.3) is 0 Å². The number of nitrogens with one attached hydrogen (secondary N) is 2. The predicted molar refractivity (Wildman–Crippen MR) is 91.6 cm³/mol. The Hall–Kier alpha value is -2.44. The van der Waals surface area contributed by atoms with Crippen molar-refractivity contribution in [2.24, 2.45) is 0 Å². The first-order valence-electron chi connectivity index (χ1n) is 8.91. The van der Waals surface area contributed by atoms with E-state index < -0.39 is 5.54 Å². The van der Waals surface area contributed by atoms with Crippen molar-refractivity contribution < 1.29 is 14.4 Å². The van der Waals surface area contributed by atoms with Gasteiger partial charge in [-0.1, -0.05) is 25.3 Å². The van der Waals surface area contributed by atoms with Crippen molar-refractivity contribution in [3.63, 3.8) is 0 Å². The minimum absolute atomic E-state index is 0.122. The number of aromatic nitrogens is 1. The van der Waals surface area contributed by atoms with Gasteiger partial charge in [-0.05, 0) is 25.0 Å². The molecule has 0 radical (unpaired) electrons. The number of amides is 4. The summed E-state index contributed by atoms with van der Waals surface area (Å²) in [5.74, 6) is -0.334. The Morgan fingerprint density at radius 3 is 2.76 bits per heavy atom. The number of hydrogen-bond donors (Lipinski definition) is 2. The molecular formula is C18H24N4O3. The zero-order chi connectivity index (χ0) is 17.7. The van der Waals surface area contributed by atoms with E-state index in [-0.39, 0.29) is 30.8 Å². The lowest BCUT2D eigenvalue weighted by Gasteiger charge is -2.30. The Balaban J connectivity index is 1.44. The van der Waals surface area contributed by atoms with Crippen LogP contribution < -0.4 is 10.6 Å². The monoisotopic (exact) mass is 344 g/mol. The third kappa shape index (κ3) is 3.97. The molecule has 7 nitrogen and oxygen atoms in total. The van der Waals surface area contributed by atoms with Gasteiger partial charge in [0.2, 0.25) is 5.91 Å². The summed E-state index contributed by atoms with van der Waals surface area (Å²) >= 11 is 0. The molecule has 7 heteroatoms. The molecule has 1 aromatic rings. The molecule has 0 unspecified atom stereocenters. The zero-order valence-corrected chi connectivity index (χ0v) is 14.3. The topological polar surface area (TPSA) is 91.4 Å². The SMILES string of the molecule is O=C(CCN1C(=O)NC2(CCCCC2)C1=O)NCCc1ccccn1. The first-order valence-corrected chi connectivity index (χ1v) is 8.91. The van der Waals surface area contributed by atoms with Gasteiger partial charge in [-0.15, -0.1) is 0 Å². The van der Waals surface area contributed by atoms with E-state index in [1.54, 1.807) is 6.20 Å². The third-order valence-electron chi connectivity index (χ3n) is 4.94. The molecular weight excluding hydrogens is 320 g/mol. The van der Waals surface area contributed by atoms with Gasteiger partial charge < -0.3 is 10.6 Å². The molecule has 1 aliphatic carbocycles. The van der Waals surface area contributed by atoms with Crippen LogP contribution in [0.4, 0.5) is 4.79 Å². The summed E-state index contributed by atoms with van der Waals surface area (Å²) in [5.41, 5.74) is 0.196. The highest BCUT2D eigenvalue weighted by Gasteiger charge is 2.50. The second kappa shape index (κ2) is 7.63. The fraction of sp³-hybridized carbons (Fsp3) is 0.556. The van der Waals surface area contributed by atoms with Crippen molar-refractivity contribution in [3.8, 4) is 0 Å². The molecule has 3 rings (SSSR count). The number of imide groups is 1. The Morgan fingerprint density at radius 1 is 1.24 bits per heavy atom. The van der Waals surface area contributed by atoms with Crippen LogP contribution in [-0.2, 0) is 16.0 Å². The summed E-state index contributed by atoms with van der Waals surface area (Å²) in [6, 6.07) is 5.29. The van der Waals surface area contributed by atoms with Crippen LogP contribution in [-0.4, -0.2) is 46.4 Å². The number of rotatable bonds is 6. The summed E-state index contributed by atoms with van der Waals surface area (Å²) < 4.78 is 0. The molecule has 1 spiro atoms. The van der Waals surface area contributed by atoms with Crippen molar-refractivity contribution in [2.45, 2.75) is 50.5 Å². The van der Waals surface area contributed by atoms with Gasteiger partial charge in [0.05, 0.1) is 0 Å². The van der Waals surface area contributed by atoms with Crippen LogP contribution in [0.15, 0.2) is 24.4 Å². The van der Waals surface area contributed by atoms with Gasteiger partial charge in [-0.2, -0.15) is 0 Å². The molecule has 1 saturated carbocycles. The largest absolute Gasteiger partial charge is 0.356 e. The maximum Gasteiger partial charge on any atom is 0.325 e. The second-order valence-corrected chi connectivity index (χ2v) is 6.70. The molecule has 0 aromatic carbocycles. The fourth-order valence-electron chi connectivity index (χ4n) is 3.55. The van der Waals surface area contributed by atoms with Gasteiger partial charge in [0.15, 0.2) is 0 Å². The number of hydrogen-bond acceptors (Lipinski definition) is 4. The van der Waals surface area contributed by atoms with E-state index in [1.165, 1.54) is 4.90 Å². The molecule has 134 valence electrons. The molecule has 4 amide bonds. The van der Waals surface area contributed by atoms with Gasteiger partial charge in [0.1, 0.15) is 5.54 Å². The van der Waals surface area contributed by atoms with Gasteiger partial charge in [0.25, 0.3) is 5.91 Å². The average Bonchev–Trinajstić information content (AvgIpc) is 2.84. The van der Waals surface area contributed by atoms with E-state index in [2.05, 4.69) is 15.6 Å². The highest BCUT2D eigenvalue weighted by Crippen LogP contribution is 2.33. The molecule has 0 bridgehead atoms. The maximum absolute atomic E-state index is 12.6. The number of urea groups is 1. The van der Waals surface area contributed by atoms with E-state index in [4.69, 9.17) is 0 Å². The highest BCUT2D eigenvalue weighted by atomic mass is 16.2. The first-order chi connectivity index (χ1) is 12.1. The second-order valence-electron chi connectivity index (χ2n) is 6.70. The van der Waals surface area contributed by atoms with Gasteiger partial charge >= 0.3 is 6.03 Å². The lowest BCUT2D eigenvalue weighted by Crippen LogP contribution is -2.48. The number of pyridine rings is 1. The molecule has 1 aliphatic heterocycles. The number of nitrogens with zero attached hydrogens (tertiary/aromatic N) is 2. The molecule has 2 N–H and O–H groups in total. The minimum atomic E-state index is -0.717. The van der Waals surface area contributed by atoms with Crippen molar-refractivity contribution in [1.29, 1.82) is 0 Å². The Labute approximate surface area is 147 Å². The molecule has 2 heterocycles. The van der Waals surface area contributed by atoms with E-state index in [9.17, 15) is 14.4 Å². The quantitative estimate of drug-likeness (QED) is 0.763. The van der Waals surface area contributed by atoms with E-state index >= 15 is 0 Å².